The van der Waals surface area contributed by atoms with E-state index in [4.69, 9.17) is 9.47 Å². The lowest BCUT2D eigenvalue weighted by atomic mass is 9.99. The molecular formula is C21H18N2O4. The Morgan fingerprint density at radius 1 is 1.11 bits per heavy atom. The maximum absolute atomic E-state index is 12.4. The first-order valence-electron chi connectivity index (χ1n) is 8.82. The summed E-state index contributed by atoms with van der Waals surface area (Å²) in [5.74, 6) is 0. The number of ether oxygens (including phenoxy) is 2. The Morgan fingerprint density at radius 3 is 2.70 bits per heavy atom. The molecule has 0 amide bonds. The SMILES string of the molecule is CC1OC(c2c[nH]c3c(=O)[nH]c4ccc(-c5cccc(CO)c5)cc4c23)O1. The quantitative estimate of drug-likeness (QED) is 0.520. The molecule has 1 saturated heterocycles. The van der Waals surface area contributed by atoms with Crippen molar-refractivity contribution < 1.29 is 14.6 Å². The third-order valence-electron chi connectivity index (χ3n) is 5.00. The molecule has 1 aliphatic rings. The fourth-order valence-electron chi connectivity index (χ4n) is 3.67. The molecule has 3 heterocycles. The van der Waals surface area contributed by atoms with E-state index < -0.39 is 6.29 Å². The number of fused-ring (bicyclic) bond motifs is 3. The first-order chi connectivity index (χ1) is 13.1. The fraction of sp³-hybridized carbons (Fsp3) is 0.190. The molecule has 0 spiro atoms. The smallest absolute Gasteiger partial charge is 0.272 e. The Balaban J connectivity index is 1.75. The van der Waals surface area contributed by atoms with E-state index in [1.165, 1.54) is 0 Å². The third-order valence-corrected chi connectivity index (χ3v) is 5.00. The van der Waals surface area contributed by atoms with Crippen LogP contribution in [-0.4, -0.2) is 21.4 Å². The average molecular weight is 362 g/mol. The van der Waals surface area contributed by atoms with Gasteiger partial charge in [-0.1, -0.05) is 24.3 Å². The van der Waals surface area contributed by atoms with Crippen LogP contribution in [0.25, 0.3) is 32.9 Å². The van der Waals surface area contributed by atoms with Gasteiger partial charge in [-0.05, 0) is 41.8 Å². The second kappa shape index (κ2) is 6.06. The Morgan fingerprint density at radius 2 is 1.93 bits per heavy atom. The molecule has 4 aromatic rings. The number of rotatable bonds is 3. The van der Waals surface area contributed by atoms with Gasteiger partial charge in [0, 0.05) is 28.0 Å². The number of aliphatic hydroxyl groups excluding tert-OH is 1. The monoisotopic (exact) mass is 362 g/mol. The minimum absolute atomic E-state index is 0.00448. The van der Waals surface area contributed by atoms with Crippen molar-refractivity contribution in [2.24, 2.45) is 0 Å². The Kier molecular flexibility index (Phi) is 3.65. The number of aromatic amines is 2. The fourth-order valence-corrected chi connectivity index (χ4v) is 3.67. The van der Waals surface area contributed by atoms with Gasteiger partial charge in [-0.15, -0.1) is 0 Å². The van der Waals surface area contributed by atoms with E-state index in [0.29, 0.717) is 5.52 Å². The number of H-pyrrole nitrogens is 2. The van der Waals surface area contributed by atoms with Crippen molar-refractivity contribution in [3.05, 3.63) is 70.1 Å². The van der Waals surface area contributed by atoms with Crippen LogP contribution < -0.4 is 5.56 Å². The zero-order valence-corrected chi connectivity index (χ0v) is 14.7. The summed E-state index contributed by atoms with van der Waals surface area (Å²) in [6, 6.07) is 13.7. The largest absolute Gasteiger partial charge is 0.392 e. The predicted octanol–water partition coefficient (Wildman–Crippen LogP) is 3.56. The average Bonchev–Trinajstić information content (AvgIpc) is 3.11. The van der Waals surface area contributed by atoms with Crippen LogP contribution in [0.2, 0.25) is 0 Å². The third kappa shape index (κ3) is 2.57. The number of nitrogens with one attached hydrogen (secondary N) is 2. The van der Waals surface area contributed by atoms with Gasteiger partial charge in [-0.25, -0.2) is 0 Å². The Hall–Kier alpha value is -2.93. The molecule has 6 heteroatoms. The number of hydrogen-bond donors (Lipinski definition) is 3. The zero-order chi connectivity index (χ0) is 18.5. The van der Waals surface area contributed by atoms with Crippen molar-refractivity contribution in [1.82, 2.24) is 9.97 Å². The molecule has 5 rings (SSSR count). The normalized spacial score (nSPS) is 19.5. The molecule has 2 aromatic carbocycles. The van der Waals surface area contributed by atoms with Crippen LogP contribution in [0.4, 0.5) is 0 Å². The molecule has 0 saturated carbocycles. The topological polar surface area (TPSA) is 87.3 Å². The van der Waals surface area contributed by atoms with Gasteiger partial charge in [0.2, 0.25) is 0 Å². The van der Waals surface area contributed by atoms with Gasteiger partial charge in [0.05, 0.1) is 6.61 Å². The molecule has 27 heavy (non-hydrogen) atoms. The molecular weight excluding hydrogens is 344 g/mol. The first-order valence-corrected chi connectivity index (χ1v) is 8.82. The summed E-state index contributed by atoms with van der Waals surface area (Å²) in [6.45, 7) is 1.83. The van der Waals surface area contributed by atoms with E-state index in [0.717, 1.165) is 38.5 Å². The van der Waals surface area contributed by atoms with E-state index >= 15 is 0 Å². The summed E-state index contributed by atoms with van der Waals surface area (Å²) in [5.41, 5.74) is 4.76. The van der Waals surface area contributed by atoms with Crippen molar-refractivity contribution in [2.75, 3.05) is 0 Å². The van der Waals surface area contributed by atoms with E-state index in [1.54, 1.807) is 6.20 Å². The van der Waals surface area contributed by atoms with E-state index in [1.807, 2.05) is 49.4 Å². The highest BCUT2D eigenvalue weighted by Gasteiger charge is 2.31. The molecule has 0 atom stereocenters. The van der Waals surface area contributed by atoms with Crippen molar-refractivity contribution in [3.8, 4) is 11.1 Å². The number of hydrogen-bond acceptors (Lipinski definition) is 4. The molecule has 0 bridgehead atoms. The number of pyridine rings is 1. The molecule has 0 unspecified atom stereocenters. The van der Waals surface area contributed by atoms with Gasteiger partial charge >= 0.3 is 0 Å². The van der Waals surface area contributed by atoms with Gasteiger partial charge in [0.15, 0.2) is 12.6 Å². The predicted molar refractivity (Wildman–Crippen MR) is 102 cm³/mol. The van der Waals surface area contributed by atoms with Crippen LogP contribution in [0, 0.1) is 0 Å². The Bertz CT molecular complexity index is 1220. The number of aliphatic hydroxyl groups is 1. The maximum Gasteiger partial charge on any atom is 0.272 e. The van der Waals surface area contributed by atoms with Gasteiger partial charge in [0.25, 0.3) is 5.56 Å². The molecule has 0 radical (unpaired) electrons. The molecule has 1 aliphatic heterocycles. The number of aromatic nitrogens is 2. The second-order valence-corrected chi connectivity index (χ2v) is 6.74. The van der Waals surface area contributed by atoms with Crippen molar-refractivity contribution in [1.29, 1.82) is 0 Å². The summed E-state index contributed by atoms with van der Waals surface area (Å²) in [4.78, 5) is 18.4. The van der Waals surface area contributed by atoms with Crippen LogP contribution in [0.5, 0.6) is 0 Å². The van der Waals surface area contributed by atoms with Crippen molar-refractivity contribution >= 4 is 21.8 Å². The highest BCUT2D eigenvalue weighted by molar-refractivity contribution is 6.07. The lowest BCUT2D eigenvalue weighted by Crippen LogP contribution is -2.31. The van der Waals surface area contributed by atoms with Crippen molar-refractivity contribution in [3.63, 3.8) is 0 Å². The summed E-state index contributed by atoms with van der Waals surface area (Å²) >= 11 is 0. The first kappa shape index (κ1) is 16.3. The van der Waals surface area contributed by atoms with Crippen LogP contribution in [0.15, 0.2) is 53.5 Å². The summed E-state index contributed by atoms with van der Waals surface area (Å²) in [6.07, 6.45) is 1.06. The van der Waals surface area contributed by atoms with Crippen LogP contribution in [0.3, 0.4) is 0 Å². The molecule has 0 aliphatic carbocycles. The van der Waals surface area contributed by atoms with E-state index in [-0.39, 0.29) is 18.5 Å². The summed E-state index contributed by atoms with van der Waals surface area (Å²) in [7, 11) is 0. The number of benzene rings is 2. The highest BCUT2D eigenvalue weighted by Crippen LogP contribution is 2.38. The highest BCUT2D eigenvalue weighted by atomic mass is 16.9. The van der Waals surface area contributed by atoms with Crippen molar-refractivity contribution in [2.45, 2.75) is 26.1 Å². The van der Waals surface area contributed by atoms with Crippen LogP contribution in [-0.2, 0) is 16.1 Å². The van der Waals surface area contributed by atoms with Crippen LogP contribution in [0.1, 0.15) is 24.3 Å². The second-order valence-electron chi connectivity index (χ2n) is 6.74. The van der Waals surface area contributed by atoms with Gasteiger partial charge < -0.3 is 24.5 Å². The Labute approximate surface area is 154 Å². The summed E-state index contributed by atoms with van der Waals surface area (Å²) < 4.78 is 11.3. The standard InChI is InChI=1S/C21H18N2O4/c1-11-26-21(27-11)16-9-22-19-18(16)15-8-14(5-6-17(15)23-20(19)25)13-4-2-3-12(7-13)10-24/h2-9,11,21-22,24H,10H2,1H3,(H,23,25). The molecule has 3 N–H and O–H groups in total. The summed E-state index contributed by atoms with van der Waals surface area (Å²) in [5, 5.41) is 11.1. The minimum Gasteiger partial charge on any atom is -0.392 e. The minimum atomic E-state index is -0.472. The molecule has 6 nitrogen and oxygen atoms in total. The van der Waals surface area contributed by atoms with Gasteiger partial charge in [-0.2, -0.15) is 0 Å². The molecule has 1 fully saturated rings. The maximum atomic E-state index is 12.4. The lowest BCUT2D eigenvalue weighted by molar-refractivity contribution is -0.382. The zero-order valence-electron chi connectivity index (χ0n) is 14.7. The molecule has 136 valence electrons. The molecule has 2 aromatic heterocycles. The van der Waals surface area contributed by atoms with Gasteiger partial charge in [0.1, 0.15) is 5.52 Å². The van der Waals surface area contributed by atoms with Crippen LogP contribution >= 0.6 is 0 Å². The van der Waals surface area contributed by atoms with E-state index in [2.05, 4.69) is 9.97 Å². The lowest BCUT2D eigenvalue weighted by Gasteiger charge is -2.33. The van der Waals surface area contributed by atoms with E-state index in [9.17, 15) is 9.90 Å². The van der Waals surface area contributed by atoms with Gasteiger partial charge in [-0.3, -0.25) is 4.79 Å².